The molecule has 1 amide bonds. The largest absolute Gasteiger partial charge is 0.433 e. The van der Waals surface area contributed by atoms with Crippen molar-refractivity contribution in [2.75, 3.05) is 5.32 Å². The predicted molar refractivity (Wildman–Crippen MR) is 127 cm³/mol. The normalized spacial score (nSPS) is 11.8. The first-order valence-electron chi connectivity index (χ1n) is 9.97. The van der Waals surface area contributed by atoms with E-state index in [1.165, 1.54) is 17.5 Å². The van der Waals surface area contributed by atoms with Crippen LogP contribution in [0.5, 0.6) is 0 Å². The molecular weight excluding hydrogens is 524 g/mol. The number of alkyl halides is 3. The molecule has 0 radical (unpaired) electrons. The second-order valence-electron chi connectivity index (χ2n) is 7.41. The third-order valence-corrected chi connectivity index (χ3v) is 6.41. The molecule has 0 spiro atoms. The Morgan fingerprint density at radius 2 is 1.97 bits per heavy atom. The monoisotopic (exact) mass is 536 g/mol. The van der Waals surface area contributed by atoms with Gasteiger partial charge in [0.2, 0.25) is 0 Å². The molecule has 0 saturated carbocycles. The third-order valence-electron chi connectivity index (χ3n) is 4.94. The molecular formula is C22H13Cl2F3N6OS. The second kappa shape index (κ2) is 8.99. The van der Waals surface area contributed by atoms with E-state index in [1.807, 2.05) is 12.1 Å². The Morgan fingerprint density at radius 1 is 1.14 bits per heavy atom. The Balaban J connectivity index is 1.45. The number of nitrogens with one attached hydrogen (secondary N) is 1. The standard InChI is InChI=1S/C22H13Cl2F3N6OS/c23-13-4-1-3-12(7-13)10-32-11-14(9-28-32)29-21(34)19-18(24)20-30-15(16-5-2-6-35-16)8-17(22(25,26)27)33(20)31-19/h1-9,11H,10H2,(H,29,34). The summed E-state index contributed by atoms with van der Waals surface area (Å²) in [4.78, 5) is 17.6. The Morgan fingerprint density at radius 3 is 2.69 bits per heavy atom. The van der Waals surface area contributed by atoms with Gasteiger partial charge in [-0.25, -0.2) is 9.50 Å². The van der Waals surface area contributed by atoms with Crippen LogP contribution in [0.2, 0.25) is 10.0 Å². The van der Waals surface area contributed by atoms with E-state index in [-0.39, 0.29) is 16.4 Å². The smallest absolute Gasteiger partial charge is 0.318 e. The van der Waals surface area contributed by atoms with E-state index in [9.17, 15) is 18.0 Å². The summed E-state index contributed by atoms with van der Waals surface area (Å²) >= 11 is 13.5. The number of hydrogen-bond acceptors (Lipinski definition) is 5. The summed E-state index contributed by atoms with van der Waals surface area (Å²) < 4.78 is 43.5. The van der Waals surface area contributed by atoms with Gasteiger partial charge in [0.1, 0.15) is 5.02 Å². The number of thiophene rings is 1. The quantitative estimate of drug-likeness (QED) is 0.286. The lowest BCUT2D eigenvalue weighted by Gasteiger charge is -2.10. The molecule has 1 N–H and O–H groups in total. The van der Waals surface area contributed by atoms with Gasteiger partial charge in [0, 0.05) is 11.2 Å². The van der Waals surface area contributed by atoms with Crippen molar-refractivity contribution in [1.29, 1.82) is 0 Å². The fourth-order valence-corrected chi connectivity index (χ4v) is 4.56. The molecule has 0 aliphatic rings. The number of carbonyl (C=O) groups is 1. The van der Waals surface area contributed by atoms with Gasteiger partial charge < -0.3 is 5.32 Å². The zero-order valence-corrected chi connectivity index (χ0v) is 19.8. The number of nitrogens with zero attached hydrogens (tertiary/aromatic N) is 5. The van der Waals surface area contributed by atoms with Crippen molar-refractivity contribution in [2.45, 2.75) is 12.7 Å². The number of aromatic nitrogens is 5. The van der Waals surface area contributed by atoms with Crippen LogP contribution in [0.25, 0.3) is 16.2 Å². The molecule has 4 aromatic heterocycles. The van der Waals surface area contributed by atoms with Gasteiger partial charge in [-0.15, -0.1) is 11.3 Å². The average molecular weight is 537 g/mol. The van der Waals surface area contributed by atoms with Crippen LogP contribution in [0.3, 0.4) is 0 Å². The van der Waals surface area contributed by atoms with Crippen LogP contribution in [-0.4, -0.2) is 30.3 Å². The van der Waals surface area contributed by atoms with Crippen molar-refractivity contribution in [3.63, 3.8) is 0 Å². The van der Waals surface area contributed by atoms with E-state index >= 15 is 0 Å². The SMILES string of the molecule is O=C(Nc1cnn(Cc2cccc(Cl)c2)c1)c1nn2c(C(F)(F)F)cc(-c3cccs3)nc2c1Cl. The molecule has 4 heterocycles. The minimum Gasteiger partial charge on any atom is -0.318 e. The van der Waals surface area contributed by atoms with E-state index in [0.717, 1.165) is 11.6 Å². The van der Waals surface area contributed by atoms with Gasteiger partial charge in [0.25, 0.3) is 5.91 Å². The lowest BCUT2D eigenvalue weighted by atomic mass is 10.2. The summed E-state index contributed by atoms with van der Waals surface area (Å²) in [6.07, 6.45) is -1.78. The van der Waals surface area contributed by atoms with E-state index in [1.54, 1.807) is 40.5 Å². The Labute approximate surface area is 209 Å². The highest BCUT2D eigenvalue weighted by atomic mass is 35.5. The van der Waals surface area contributed by atoms with E-state index in [4.69, 9.17) is 23.2 Å². The maximum Gasteiger partial charge on any atom is 0.433 e. The molecule has 13 heteroatoms. The summed E-state index contributed by atoms with van der Waals surface area (Å²) in [6.45, 7) is 0.399. The fourth-order valence-electron chi connectivity index (χ4n) is 3.42. The minimum atomic E-state index is -4.75. The first-order chi connectivity index (χ1) is 16.7. The number of rotatable bonds is 5. The lowest BCUT2D eigenvalue weighted by Crippen LogP contribution is -2.15. The summed E-state index contributed by atoms with van der Waals surface area (Å²) in [5.74, 6) is -0.798. The Bertz CT molecular complexity index is 1540. The van der Waals surface area contributed by atoms with Crippen LogP contribution in [0.15, 0.2) is 60.2 Å². The molecule has 0 saturated heterocycles. The minimum absolute atomic E-state index is 0.0795. The number of halogens is 5. The molecule has 7 nitrogen and oxygen atoms in total. The molecule has 5 rings (SSSR count). The summed E-state index contributed by atoms with van der Waals surface area (Å²) in [5.41, 5.74) is -0.470. The van der Waals surface area contributed by atoms with Gasteiger partial charge in [0.15, 0.2) is 17.0 Å². The molecule has 1 aromatic carbocycles. The van der Waals surface area contributed by atoms with Crippen molar-refractivity contribution < 1.29 is 18.0 Å². The molecule has 0 aliphatic carbocycles. The van der Waals surface area contributed by atoms with Gasteiger partial charge in [-0.2, -0.15) is 23.4 Å². The van der Waals surface area contributed by atoms with Gasteiger partial charge in [-0.3, -0.25) is 9.48 Å². The second-order valence-corrected chi connectivity index (χ2v) is 9.17. The summed E-state index contributed by atoms with van der Waals surface area (Å²) in [6, 6.07) is 11.4. The molecule has 0 bridgehead atoms. The summed E-state index contributed by atoms with van der Waals surface area (Å²) in [7, 11) is 0. The van der Waals surface area contributed by atoms with Crippen LogP contribution >= 0.6 is 34.5 Å². The molecule has 178 valence electrons. The topological polar surface area (TPSA) is 77.1 Å². The molecule has 0 aliphatic heterocycles. The zero-order valence-electron chi connectivity index (χ0n) is 17.4. The Hall–Kier alpha value is -3.41. The van der Waals surface area contributed by atoms with Crippen LogP contribution in [0, 0.1) is 0 Å². The van der Waals surface area contributed by atoms with Crippen LogP contribution < -0.4 is 5.32 Å². The van der Waals surface area contributed by atoms with Gasteiger partial charge >= 0.3 is 6.18 Å². The first-order valence-corrected chi connectivity index (χ1v) is 11.6. The first kappa shape index (κ1) is 23.3. The number of fused-ring (bicyclic) bond motifs is 1. The van der Waals surface area contributed by atoms with Crippen molar-refractivity contribution in [1.82, 2.24) is 24.4 Å². The maximum absolute atomic E-state index is 13.8. The number of benzene rings is 1. The number of hydrogen-bond donors (Lipinski definition) is 1. The number of carbonyl (C=O) groups excluding carboxylic acids is 1. The van der Waals surface area contributed by atoms with Gasteiger partial charge in [0.05, 0.1) is 29.0 Å². The molecule has 0 unspecified atom stereocenters. The highest BCUT2D eigenvalue weighted by Gasteiger charge is 2.37. The Kier molecular flexibility index (Phi) is 5.99. The van der Waals surface area contributed by atoms with E-state index in [0.29, 0.717) is 26.6 Å². The van der Waals surface area contributed by atoms with Crippen molar-refractivity contribution in [2.24, 2.45) is 0 Å². The van der Waals surface area contributed by atoms with Gasteiger partial charge in [-0.05, 0) is 35.2 Å². The third kappa shape index (κ3) is 4.75. The highest BCUT2D eigenvalue weighted by Crippen LogP contribution is 2.35. The number of amides is 1. The maximum atomic E-state index is 13.8. The highest BCUT2D eigenvalue weighted by molar-refractivity contribution is 7.13. The van der Waals surface area contributed by atoms with Crippen LogP contribution in [0.4, 0.5) is 18.9 Å². The van der Waals surface area contributed by atoms with Crippen molar-refractivity contribution in [3.05, 3.63) is 87.2 Å². The van der Waals surface area contributed by atoms with Crippen molar-refractivity contribution in [3.8, 4) is 10.6 Å². The number of anilines is 1. The fraction of sp³-hybridized carbons (Fsp3) is 0.0909. The van der Waals surface area contributed by atoms with Crippen LogP contribution in [-0.2, 0) is 12.7 Å². The van der Waals surface area contributed by atoms with Crippen LogP contribution in [0.1, 0.15) is 21.7 Å². The average Bonchev–Trinajstić information content (AvgIpc) is 3.54. The molecule has 35 heavy (non-hydrogen) atoms. The predicted octanol–water partition coefficient (Wildman–Crippen LogP) is 6.28. The lowest BCUT2D eigenvalue weighted by molar-refractivity contribution is -0.142. The summed E-state index contributed by atoms with van der Waals surface area (Å²) in [5, 5.41) is 12.6. The molecule has 5 aromatic rings. The van der Waals surface area contributed by atoms with E-state index < -0.39 is 23.5 Å². The molecule has 0 fully saturated rings. The molecule has 0 atom stereocenters. The zero-order chi connectivity index (χ0) is 24.7. The van der Waals surface area contributed by atoms with E-state index in [2.05, 4.69) is 20.5 Å². The van der Waals surface area contributed by atoms with Gasteiger partial charge in [-0.1, -0.05) is 41.4 Å². The van der Waals surface area contributed by atoms with Crippen molar-refractivity contribution >= 4 is 51.8 Å².